The highest BCUT2D eigenvalue weighted by molar-refractivity contribution is 6.33. The predicted octanol–water partition coefficient (Wildman–Crippen LogP) is 2.73. The summed E-state index contributed by atoms with van der Waals surface area (Å²) in [6.07, 6.45) is 0. The molecule has 0 fully saturated rings. The van der Waals surface area contributed by atoms with Gasteiger partial charge in [-0.1, -0.05) is 31.5 Å². The molecule has 0 aliphatic heterocycles. The van der Waals surface area contributed by atoms with Crippen molar-refractivity contribution in [2.75, 3.05) is 5.32 Å². The van der Waals surface area contributed by atoms with E-state index in [9.17, 15) is 4.79 Å². The molecule has 0 bridgehead atoms. The van der Waals surface area contributed by atoms with Crippen LogP contribution < -0.4 is 5.32 Å². The van der Waals surface area contributed by atoms with Crippen LogP contribution >= 0.6 is 11.6 Å². The van der Waals surface area contributed by atoms with E-state index in [-0.39, 0.29) is 11.8 Å². The van der Waals surface area contributed by atoms with E-state index in [0.717, 1.165) is 0 Å². The third-order valence-electron chi connectivity index (χ3n) is 1.60. The second kappa shape index (κ2) is 4.28. The maximum atomic E-state index is 11.3. The molecular weight excluding hydrogens is 186 g/mol. The molecule has 0 aliphatic rings. The number of halogens is 1. The molecule has 0 spiro atoms. The highest BCUT2D eigenvalue weighted by Gasteiger charge is 2.08. The van der Waals surface area contributed by atoms with Crippen molar-refractivity contribution in [1.82, 2.24) is 0 Å². The van der Waals surface area contributed by atoms with Crippen LogP contribution in [0.25, 0.3) is 0 Å². The SMILES string of the molecule is CC(C)C(=O)Nc1cc[c]cc1Cl. The van der Waals surface area contributed by atoms with Gasteiger partial charge in [-0.15, -0.1) is 0 Å². The fourth-order valence-electron chi connectivity index (χ4n) is 0.789. The summed E-state index contributed by atoms with van der Waals surface area (Å²) >= 11 is 5.83. The number of carbonyl (C=O) groups excluding carboxylic acids is 1. The van der Waals surface area contributed by atoms with Crippen LogP contribution in [-0.2, 0) is 4.79 Å². The molecule has 0 aliphatic carbocycles. The summed E-state index contributed by atoms with van der Waals surface area (Å²) in [6.45, 7) is 3.66. The minimum Gasteiger partial charge on any atom is -0.325 e. The van der Waals surface area contributed by atoms with Crippen LogP contribution in [0.4, 0.5) is 5.69 Å². The van der Waals surface area contributed by atoms with Crippen LogP contribution in [0.5, 0.6) is 0 Å². The zero-order valence-electron chi connectivity index (χ0n) is 7.60. The Morgan fingerprint density at radius 2 is 2.31 bits per heavy atom. The quantitative estimate of drug-likeness (QED) is 0.775. The van der Waals surface area contributed by atoms with Crippen molar-refractivity contribution in [1.29, 1.82) is 0 Å². The van der Waals surface area contributed by atoms with Crippen molar-refractivity contribution in [2.24, 2.45) is 5.92 Å². The van der Waals surface area contributed by atoms with Gasteiger partial charge in [-0.05, 0) is 18.2 Å². The van der Waals surface area contributed by atoms with Crippen LogP contribution in [0.3, 0.4) is 0 Å². The largest absolute Gasteiger partial charge is 0.325 e. The van der Waals surface area contributed by atoms with Gasteiger partial charge in [0.05, 0.1) is 10.7 Å². The monoisotopic (exact) mass is 196 g/mol. The molecule has 0 saturated carbocycles. The first-order valence-electron chi connectivity index (χ1n) is 4.07. The first kappa shape index (κ1) is 10.1. The number of hydrogen-bond donors (Lipinski definition) is 1. The van der Waals surface area contributed by atoms with E-state index < -0.39 is 0 Å². The Morgan fingerprint density at radius 1 is 1.62 bits per heavy atom. The lowest BCUT2D eigenvalue weighted by Crippen LogP contribution is -2.17. The maximum Gasteiger partial charge on any atom is 0.226 e. The normalized spacial score (nSPS) is 10.2. The number of anilines is 1. The molecule has 0 atom stereocenters. The van der Waals surface area contributed by atoms with Crippen molar-refractivity contribution in [3.63, 3.8) is 0 Å². The van der Waals surface area contributed by atoms with Crippen LogP contribution in [0.2, 0.25) is 5.02 Å². The van der Waals surface area contributed by atoms with Crippen molar-refractivity contribution >= 4 is 23.2 Å². The molecule has 0 heterocycles. The Kier molecular flexibility index (Phi) is 3.32. The zero-order chi connectivity index (χ0) is 9.84. The lowest BCUT2D eigenvalue weighted by Gasteiger charge is -2.08. The molecule has 1 aromatic carbocycles. The number of nitrogens with one attached hydrogen (secondary N) is 1. The molecule has 13 heavy (non-hydrogen) atoms. The van der Waals surface area contributed by atoms with Gasteiger partial charge in [0.15, 0.2) is 0 Å². The summed E-state index contributed by atoms with van der Waals surface area (Å²) in [6, 6.07) is 7.88. The Labute approximate surface area is 82.9 Å². The summed E-state index contributed by atoms with van der Waals surface area (Å²) in [4.78, 5) is 11.3. The highest BCUT2D eigenvalue weighted by Crippen LogP contribution is 2.20. The molecule has 1 radical (unpaired) electrons. The standard InChI is InChI=1S/C10H11ClNO/c1-7(2)10(13)12-9-6-4-3-5-8(9)11/h4-7H,1-2H3,(H,12,13). The van der Waals surface area contributed by atoms with Gasteiger partial charge in [-0.25, -0.2) is 0 Å². The van der Waals surface area contributed by atoms with Gasteiger partial charge in [0, 0.05) is 5.92 Å². The fraction of sp³-hybridized carbons (Fsp3) is 0.300. The number of hydrogen-bond acceptors (Lipinski definition) is 1. The molecule has 2 nitrogen and oxygen atoms in total. The van der Waals surface area contributed by atoms with E-state index in [1.165, 1.54) is 0 Å². The van der Waals surface area contributed by atoms with Gasteiger partial charge >= 0.3 is 0 Å². The van der Waals surface area contributed by atoms with E-state index in [1.807, 2.05) is 13.8 Å². The van der Waals surface area contributed by atoms with E-state index >= 15 is 0 Å². The lowest BCUT2D eigenvalue weighted by molar-refractivity contribution is -0.118. The van der Waals surface area contributed by atoms with Gasteiger partial charge in [-0.3, -0.25) is 4.79 Å². The summed E-state index contributed by atoms with van der Waals surface area (Å²) in [5.74, 6) is -0.0756. The molecule has 0 unspecified atom stereocenters. The molecule has 69 valence electrons. The Hall–Kier alpha value is -1.02. The summed E-state index contributed by atoms with van der Waals surface area (Å²) in [5.41, 5.74) is 0.638. The number of benzene rings is 1. The first-order valence-corrected chi connectivity index (χ1v) is 4.45. The zero-order valence-corrected chi connectivity index (χ0v) is 8.35. The molecule has 1 aromatic rings. The Morgan fingerprint density at radius 3 is 2.85 bits per heavy atom. The van der Waals surface area contributed by atoms with Gasteiger partial charge in [0.1, 0.15) is 0 Å². The molecule has 1 rings (SSSR count). The Bertz CT molecular complexity index is 310. The molecule has 0 aromatic heterocycles. The van der Waals surface area contributed by atoms with Crippen molar-refractivity contribution in [3.05, 3.63) is 29.3 Å². The van der Waals surface area contributed by atoms with Crippen molar-refractivity contribution in [3.8, 4) is 0 Å². The second-order valence-electron chi connectivity index (χ2n) is 3.05. The average Bonchev–Trinajstić information content (AvgIpc) is 2.08. The predicted molar refractivity (Wildman–Crippen MR) is 53.8 cm³/mol. The molecular formula is C10H11ClNO. The van der Waals surface area contributed by atoms with Gasteiger partial charge in [0.2, 0.25) is 5.91 Å². The van der Waals surface area contributed by atoms with Crippen LogP contribution in [0.1, 0.15) is 13.8 Å². The summed E-state index contributed by atoms with van der Waals surface area (Å²) < 4.78 is 0. The van der Waals surface area contributed by atoms with Gasteiger partial charge < -0.3 is 5.32 Å². The molecule has 3 heteroatoms. The second-order valence-corrected chi connectivity index (χ2v) is 3.46. The minimum atomic E-state index is -0.0414. The minimum absolute atomic E-state index is 0.0342. The van der Waals surface area contributed by atoms with E-state index in [0.29, 0.717) is 10.7 Å². The van der Waals surface area contributed by atoms with Crippen LogP contribution in [0.15, 0.2) is 18.2 Å². The van der Waals surface area contributed by atoms with Crippen molar-refractivity contribution < 1.29 is 4.79 Å². The van der Waals surface area contributed by atoms with Gasteiger partial charge in [-0.2, -0.15) is 0 Å². The number of amides is 1. The fourth-order valence-corrected chi connectivity index (χ4v) is 0.962. The third kappa shape index (κ3) is 2.74. The smallest absolute Gasteiger partial charge is 0.226 e. The van der Waals surface area contributed by atoms with E-state index in [4.69, 9.17) is 11.6 Å². The van der Waals surface area contributed by atoms with Crippen LogP contribution in [-0.4, -0.2) is 5.91 Å². The molecule has 0 saturated heterocycles. The first-order chi connectivity index (χ1) is 6.11. The van der Waals surface area contributed by atoms with E-state index in [1.54, 1.807) is 18.2 Å². The maximum absolute atomic E-state index is 11.3. The average molecular weight is 197 g/mol. The summed E-state index contributed by atoms with van der Waals surface area (Å²) in [5, 5.41) is 3.23. The molecule has 1 amide bonds. The topological polar surface area (TPSA) is 29.1 Å². The third-order valence-corrected chi connectivity index (χ3v) is 1.91. The van der Waals surface area contributed by atoms with Gasteiger partial charge in [0.25, 0.3) is 0 Å². The highest BCUT2D eigenvalue weighted by atomic mass is 35.5. The lowest BCUT2D eigenvalue weighted by atomic mass is 10.2. The van der Waals surface area contributed by atoms with E-state index in [2.05, 4.69) is 11.4 Å². The number of carbonyl (C=O) groups is 1. The van der Waals surface area contributed by atoms with Crippen molar-refractivity contribution in [2.45, 2.75) is 13.8 Å². The summed E-state index contributed by atoms with van der Waals surface area (Å²) in [7, 11) is 0. The van der Waals surface area contributed by atoms with Crippen LogP contribution in [0, 0.1) is 12.0 Å². The Balaban J connectivity index is 2.75. The molecule has 1 N–H and O–H groups in total. The number of rotatable bonds is 2.